The van der Waals surface area contributed by atoms with Crippen LogP contribution in [0.2, 0.25) is 0 Å². The van der Waals surface area contributed by atoms with Gasteiger partial charge in [0.15, 0.2) is 0 Å². The van der Waals surface area contributed by atoms with E-state index in [-0.39, 0.29) is 5.97 Å². The molecule has 0 saturated carbocycles. The molecule has 0 aliphatic rings. The van der Waals surface area contributed by atoms with Crippen LogP contribution >= 0.6 is 15.9 Å². The van der Waals surface area contributed by atoms with Gasteiger partial charge in [-0.15, -0.1) is 0 Å². The smallest absolute Gasteiger partial charge is 0.355 e. The molecule has 1 N–H and O–H groups in total. The molecule has 0 aromatic carbocycles. The summed E-state index contributed by atoms with van der Waals surface area (Å²) in [6, 6.07) is 0. The van der Waals surface area contributed by atoms with Crippen molar-refractivity contribution in [3.8, 4) is 0 Å². The van der Waals surface area contributed by atoms with Crippen molar-refractivity contribution >= 4 is 21.9 Å². The van der Waals surface area contributed by atoms with Crippen LogP contribution in [0.1, 0.15) is 28.5 Å². The van der Waals surface area contributed by atoms with E-state index in [1.165, 1.54) is 0 Å². The maximum absolute atomic E-state index is 11.4. The van der Waals surface area contributed by atoms with E-state index in [2.05, 4.69) is 20.9 Å². The molecule has 0 saturated heterocycles. The van der Waals surface area contributed by atoms with Gasteiger partial charge in [-0.2, -0.15) is 0 Å². The average Bonchev–Trinajstić information content (AvgIpc) is 2.33. The third-order valence-electron chi connectivity index (χ3n) is 1.98. The lowest BCUT2D eigenvalue weighted by atomic mass is 10.2. The molecular formula is C9H12BrNO2. The Morgan fingerprint density at radius 2 is 2.08 bits per heavy atom. The molecule has 0 amide bonds. The van der Waals surface area contributed by atoms with Gasteiger partial charge in [0.2, 0.25) is 0 Å². The molecule has 4 heteroatoms. The number of aromatic nitrogens is 1. The SMILES string of the molecule is CCOC(=O)c1[nH]c(Br)c(C)c1C. The molecule has 13 heavy (non-hydrogen) atoms. The zero-order valence-corrected chi connectivity index (χ0v) is 9.49. The van der Waals surface area contributed by atoms with Crippen LogP contribution in [-0.4, -0.2) is 17.6 Å². The van der Waals surface area contributed by atoms with Crippen LogP contribution in [0.5, 0.6) is 0 Å². The number of halogens is 1. The highest BCUT2D eigenvalue weighted by molar-refractivity contribution is 9.10. The average molecular weight is 246 g/mol. The van der Waals surface area contributed by atoms with E-state index in [1.807, 2.05) is 13.8 Å². The third-order valence-corrected chi connectivity index (χ3v) is 2.77. The van der Waals surface area contributed by atoms with Crippen LogP contribution in [0.15, 0.2) is 4.60 Å². The van der Waals surface area contributed by atoms with Crippen molar-refractivity contribution in [2.75, 3.05) is 6.61 Å². The summed E-state index contributed by atoms with van der Waals surface area (Å²) in [6.45, 7) is 6.02. The Kier molecular flexibility index (Phi) is 3.14. The number of carbonyl (C=O) groups is 1. The minimum Gasteiger partial charge on any atom is -0.461 e. The van der Waals surface area contributed by atoms with E-state index in [0.29, 0.717) is 12.3 Å². The Bertz CT molecular complexity index is 331. The Labute approximate surface area is 85.6 Å². The molecular weight excluding hydrogens is 234 g/mol. The van der Waals surface area contributed by atoms with Crippen molar-refractivity contribution in [2.45, 2.75) is 20.8 Å². The zero-order valence-electron chi connectivity index (χ0n) is 7.90. The van der Waals surface area contributed by atoms with Gasteiger partial charge in [-0.05, 0) is 47.8 Å². The van der Waals surface area contributed by atoms with Crippen molar-refractivity contribution in [2.24, 2.45) is 0 Å². The zero-order chi connectivity index (χ0) is 10.0. The molecule has 0 fully saturated rings. The topological polar surface area (TPSA) is 42.1 Å². The predicted octanol–water partition coefficient (Wildman–Crippen LogP) is 2.57. The quantitative estimate of drug-likeness (QED) is 0.815. The number of nitrogens with one attached hydrogen (secondary N) is 1. The van der Waals surface area contributed by atoms with Gasteiger partial charge in [-0.1, -0.05) is 0 Å². The van der Waals surface area contributed by atoms with E-state index in [0.717, 1.165) is 15.7 Å². The Balaban J connectivity index is 3.01. The van der Waals surface area contributed by atoms with Crippen LogP contribution in [0, 0.1) is 13.8 Å². The number of esters is 1. The lowest BCUT2D eigenvalue weighted by Gasteiger charge is -1.99. The first-order chi connectivity index (χ1) is 6.07. The Hall–Kier alpha value is -0.770. The predicted molar refractivity (Wildman–Crippen MR) is 53.9 cm³/mol. The first-order valence-electron chi connectivity index (χ1n) is 4.09. The number of hydrogen-bond acceptors (Lipinski definition) is 2. The van der Waals surface area contributed by atoms with Crippen LogP contribution in [0.25, 0.3) is 0 Å². The third kappa shape index (κ3) is 1.94. The van der Waals surface area contributed by atoms with E-state index in [4.69, 9.17) is 4.74 Å². The Morgan fingerprint density at radius 1 is 1.46 bits per heavy atom. The van der Waals surface area contributed by atoms with Crippen LogP contribution in [-0.2, 0) is 4.74 Å². The fourth-order valence-electron chi connectivity index (χ4n) is 1.06. The summed E-state index contributed by atoms with van der Waals surface area (Å²) in [4.78, 5) is 14.3. The van der Waals surface area contributed by atoms with Gasteiger partial charge in [-0.3, -0.25) is 0 Å². The molecule has 1 rings (SSSR count). The minimum absolute atomic E-state index is 0.297. The summed E-state index contributed by atoms with van der Waals surface area (Å²) >= 11 is 3.32. The molecule has 3 nitrogen and oxygen atoms in total. The number of ether oxygens (including phenoxy) is 1. The van der Waals surface area contributed by atoms with Crippen molar-refractivity contribution in [1.82, 2.24) is 4.98 Å². The van der Waals surface area contributed by atoms with E-state index in [9.17, 15) is 4.79 Å². The second-order valence-electron chi connectivity index (χ2n) is 2.78. The van der Waals surface area contributed by atoms with Gasteiger partial charge < -0.3 is 9.72 Å². The highest BCUT2D eigenvalue weighted by Gasteiger charge is 2.15. The van der Waals surface area contributed by atoms with E-state index < -0.39 is 0 Å². The molecule has 0 radical (unpaired) electrons. The summed E-state index contributed by atoms with van der Waals surface area (Å²) < 4.78 is 5.73. The number of hydrogen-bond donors (Lipinski definition) is 1. The highest BCUT2D eigenvalue weighted by atomic mass is 79.9. The molecule has 0 aliphatic carbocycles. The summed E-state index contributed by atoms with van der Waals surface area (Å²) in [5, 5.41) is 0. The largest absolute Gasteiger partial charge is 0.461 e. The number of H-pyrrole nitrogens is 1. The number of carbonyl (C=O) groups excluding carboxylic acids is 1. The summed E-state index contributed by atoms with van der Waals surface area (Å²) in [7, 11) is 0. The van der Waals surface area contributed by atoms with Crippen molar-refractivity contribution in [3.63, 3.8) is 0 Å². The number of aromatic amines is 1. The van der Waals surface area contributed by atoms with Gasteiger partial charge in [-0.25, -0.2) is 4.79 Å². The fraction of sp³-hybridized carbons (Fsp3) is 0.444. The molecule has 1 aromatic heterocycles. The highest BCUT2D eigenvalue weighted by Crippen LogP contribution is 2.22. The molecule has 0 bridgehead atoms. The summed E-state index contributed by atoms with van der Waals surface area (Å²) in [5.41, 5.74) is 2.51. The molecule has 0 spiro atoms. The first-order valence-corrected chi connectivity index (χ1v) is 4.89. The minimum atomic E-state index is -0.297. The van der Waals surface area contributed by atoms with Crippen molar-refractivity contribution < 1.29 is 9.53 Å². The van der Waals surface area contributed by atoms with Gasteiger partial charge in [0.25, 0.3) is 0 Å². The van der Waals surface area contributed by atoms with Gasteiger partial charge in [0, 0.05) is 0 Å². The van der Waals surface area contributed by atoms with Crippen LogP contribution in [0.4, 0.5) is 0 Å². The summed E-state index contributed by atoms with van der Waals surface area (Å²) in [6.07, 6.45) is 0. The standard InChI is InChI=1S/C9H12BrNO2/c1-4-13-9(12)7-5(2)6(3)8(10)11-7/h11H,4H2,1-3H3. The van der Waals surface area contributed by atoms with E-state index in [1.54, 1.807) is 6.92 Å². The van der Waals surface area contributed by atoms with E-state index >= 15 is 0 Å². The van der Waals surface area contributed by atoms with Gasteiger partial charge in [0.1, 0.15) is 5.69 Å². The normalized spacial score (nSPS) is 10.2. The second-order valence-corrected chi connectivity index (χ2v) is 3.58. The lowest BCUT2D eigenvalue weighted by Crippen LogP contribution is -2.06. The lowest BCUT2D eigenvalue weighted by molar-refractivity contribution is 0.0519. The molecule has 1 aromatic rings. The molecule has 0 atom stereocenters. The molecule has 72 valence electrons. The van der Waals surface area contributed by atoms with Crippen LogP contribution in [0.3, 0.4) is 0 Å². The fourth-order valence-corrected chi connectivity index (χ4v) is 1.55. The van der Waals surface area contributed by atoms with Crippen molar-refractivity contribution in [1.29, 1.82) is 0 Å². The van der Waals surface area contributed by atoms with Gasteiger partial charge >= 0.3 is 5.97 Å². The first kappa shape index (κ1) is 10.3. The second kappa shape index (κ2) is 3.96. The molecule has 1 heterocycles. The summed E-state index contributed by atoms with van der Waals surface area (Å²) in [5.74, 6) is -0.297. The van der Waals surface area contributed by atoms with Crippen molar-refractivity contribution in [3.05, 3.63) is 21.4 Å². The maximum atomic E-state index is 11.4. The van der Waals surface area contributed by atoms with Crippen LogP contribution < -0.4 is 0 Å². The molecule has 0 unspecified atom stereocenters. The number of rotatable bonds is 2. The molecule has 0 aliphatic heterocycles. The van der Waals surface area contributed by atoms with Gasteiger partial charge in [0.05, 0.1) is 11.2 Å². The monoisotopic (exact) mass is 245 g/mol. The maximum Gasteiger partial charge on any atom is 0.355 e. The Morgan fingerprint density at radius 3 is 2.46 bits per heavy atom.